The second-order valence-corrected chi connectivity index (χ2v) is 9.70. The summed E-state index contributed by atoms with van der Waals surface area (Å²) in [5.41, 5.74) is 6.96. The van der Waals surface area contributed by atoms with Gasteiger partial charge in [0.05, 0.1) is 18.8 Å². The summed E-state index contributed by atoms with van der Waals surface area (Å²) in [6.45, 7) is 8.29. The van der Waals surface area contributed by atoms with E-state index in [-0.39, 0.29) is 18.1 Å². The summed E-state index contributed by atoms with van der Waals surface area (Å²) in [5.74, 6) is 1.76. The van der Waals surface area contributed by atoms with Gasteiger partial charge in [-0.1, -0.05) is 42.0 Å². The van der Waals surface area contributed by atoms with Gasteiger partial charge in [-0.25, -0.2) is 14.8 Å². The van der Waals surface area contributed by atoms with Crippen molar-refractivity contribution < 1.29 is 9.53 Å². The van der Waals surface area contributed by atoms with Crippen LogP contribution in [0.2, 0.25) is 0 Å². The highest BCUT2D eigenvalue weighted by atomic mass is 16.5. The second-order valence-electron chi connectivity index (χ2n) is 9.70. The predicted octanol–water partition coefficient (Wildman–Crippen LogP) is 4.87. The molecule has 36 heavy (non-hydrogen) atoms. The van der Waals surface area contributed by atoms with Crippen LogP contribution < -0.4 is 15.0 Å². The van der Waals surface area contributed by atoms with Crippen molar-refractivity contribution in [3.8, 4) is 5.75 Å². The van der Waals surface area contributed by atoms with Gasteiger partial charge in [-0.2, -0.15) is 0 Å². The zero-order valence-electron chi connectivity index (χ0n) is 21.4. The quantitative estimate of drug-likeness (QED) is 0.561. The first kappa shape index (κ1) is 23.9. The Morgan fingerprint density at radius 1 is 1.08 bits per heavy atom. The largest absolute Gasteiger partial charge is 0.497 e. The van der Waals surface area contributed by atoms with Gasteiger partial charge in [0.1, 0.15) is 17.9 Å². The van der Waals surface area contributed by atoms with E-state index in [4.69, 9.17) is 4.74 Å². The van der Waals surface area contributed by atoms with Gasteiger partial charge in [0.15, 0.2) is 0 Å². The molecule has 7 heteroatoms. The Balaban J connectivity index is 1.26. The fraction of sp³-hybridized carbons (Fsp3) is 0.345. The summed E-state index contributed by atoms with van der Waals surface area (Å²) in [6.07, 6.45) is 4.71. The average molecular weight is 484 g/mol. The molecule has 2 atom stereocenters. The Hall–Kier alpha value is -3.87. The number of piperazine rings is 1. The molecular formula is C29H33N5O2. The Morgan fingerprint density at radius 3 is 2.53 bits per heavy atom. The van der Waals surface area contributed by atoms with Crippen LogP contribution in [0.1, 0.15) is 47.8 Å². The van der Waals surface area contributed by atoms with Gasteiger partial charge in [-0.15, -0.1) is 0 Å². The molecular weight excluding hydrogens is 450 g/mol. The number of rotatable bonds is 5. The number of allylic oxidation sites excluding steroid dienone is 1. The molecule has 1 fully saturated rings. The lowest BCUT2D eigenvalue weighted by Gasteiger charge is -2.41. The third-order valence-electron chi connectivity index (χ3n) is 7.19. The van der Waals surface area contributed by atoms with Gasteiger partial charge in [0.2, 0.25) is 0 Å². The molecule has 2 aliphatic rings. The molecule has 2 amide bonds. The number of carbonyl (C=O) groups is 1. The van der Waals surface area contributed by atoms with Gasteiger partial charge >= 0.3 is 6.03 Å². The van der Waals surface area contributed by atoms with E-state index in [1.165, 1.54) is 16.7 Å². The molecule has 0 saturated carbocycles. The molecule has 0 bridgehead atoms. The van der Waals surface area contributed by atoms with E-state index < -0.39 is 0 Å². The molecule has 5 rings (SSSR count). The molecule has 7 nitrogen and oxygen atoms in total. The lowest BCUT2D eigenvalue weighted by molar-refractivity contribution is 0.168. The maximum Gasteiger partial charge on any atom is 0.318 e. The molecule has 2 heterocycles. The van der Waals surface area contributed by atoms with Crippen LogP contribution in [-0.4, -0.2) is 53.7 Å². The highest BCUT2D eigenvalue weighted by Gasteiger charge is 2.31. The second kappa shape index (κ2) is 10.0. The van der Waals surface area contributed by atoms with E-state index in [9.17, 15) is 4.79 Å². The Labute approximate surface area is 212 Å². The van der Waals surface area contributed by atoms with Crippen molar-refractivity contribution in [2.45, 2.75) is 39.3 Å². The number of methoxy groups -OCH3 is 1. The molecule has 3 aromatic rings. The van der Waals surface area contributed by atoms with E-state index in [1.54, 1.807) is 13.4 Å². The number of benzene rings is 2. The molecule has 1 aromatic heterocycles. The number of carbonyl (C=O) groups excluding carboxylic acids is 1. The van der Waals surface area contributed by atoms with Gasteiger partial charge in [-0.3, -0.25) is 0 Å². The van der Waals surface area contributed by atoms with Gasteiger partial charge in [0.25, 0.3) is 0 Å². The molecule has 0 radical (unpaired) electrons. The minimum atomic E-state index is -0.0934. The Morgan fingerprint density at radius 2 is 1.83 bits per heavy atom. The maximum absolute atomic E-state index is 13.1. The van der Waals surface area contributed by atoms with Crippen LogP contribution in [-0.2, 0) is 6.42 Å². The zero-order chi connectivity index (χ0) is 25.2. The standard InChI is InChI=1S/C29H33N5O2/c1-19-5-7-23(8-6-19)24-15-26-27(16-24)30-18-31-28(26)33-13-14-34(20(2)17-33)29(35)32-21(3)22-9-11-25(36-4)12-10-22/h5-12,15,18,20-21H,13-14,16-17H2,1-4H3,(H,32,35)/t20-,21+/m1/s1. The number of ether oxygens (including phenoxy) is 1. The first-order valence-corrected chi connectivity index (χ1v) is 12.5. The van der Waals surface area contributed by atoms with Crippen LogP contribution in [0.15, 0.2) is 54.9 Å². The summed E-state index contributed by atoms with van der Waals surface area (Å²) in [7, 11) is 1.65. The van der Waals surface area contributed by atoms with Crippen molar-refractivity contribution in [1.29, 1.82) is 0 Å². The highest BCUT2D eigenvalue weighted by Crippen LogP contribution is 2.35. The predicted molar refractivity (Wildman–Crippen MR) is 143 cm³/mol. The molecule has 0 unspecified atom stereocenters. The fourth-order valence-corrected chi connectivity index (χ4v) is 5.02. The monoisotopic (exact) mass is 483 g/mol. The minimum Gasteiger partial charge on any atom is -0.497 e. The number of aryl methyl sites for hydroxylation is 1. The third kappa shape index (κ3) is 4.78. The fourth-order valence-electron chi connectivity index (χ4n) is 5.02. The average Bonchev–Trinajstić information content (AvgIpc) is 3.33. The molecule has 186 valence electrons. The van der Waals surface area contributed by atoms with Gasteiger partial charge < -0.3 is 19.9 Å². The number of hydrogen-bond donors (Lipinski definition) is 1. The molecule has 1 saturated heterocycles. The number of anilines is 1. The Bertz CT molecular complexity index is 1270. The van der Waals surface area contributed by atoms with Crippen molar-refractivity contribution in [3.05, 3.63) is 82.8 Å². The number of amides is 2. The van der Waals surface area contributed by atoms with Crippen molar-refractivity contribution in [3.63, 3.8) is 0 Å². The molecule has 1 aliphatic heterocycles. The number of nitrogens with one attached hydrogen (secondary N) is 1. The van der Waals surface area contributed by atoms with Crippen molar-refractivity contribution in [2.75, 3.05) is 31.6 Å². The van der Waals surface area contributed by atoms with E-state index in [2.05, 4.69) is 64.4 Å². The van der Waals surface area contributed by atoms with E-state index in [1.807, 2.05) is 36.1 Å². The number of urea groups is 1. The van der Waals surface area contributed by atoms with Crippen LogP contribution in [0.25, 0.3) is 11.6 Å². The first-order valence-electron chi connectivity index (χ1n) is 12.5. The highest BCUT2D eigenvalue weighted by molar-refractivity contribution is 5.91. The summed E-state index contributed by atoms with van der Waals surface area (Å²) in [5, 5.41) is 3.15. The summed E-state index contributed by atoms with van der Waals surface area (Å²) in [4.78, 5) is 26.6. The normalized spacial score (nSPS) is 17.9. The lowest BCUT2D eigenvalue weighted by Crippen LogP contribution is -2.57. The maximum atomic E-state index is 13.1. The number of aromatic nitrogens is 2. The van der Waals surface area contributed by atoms with Crippen LogP contribution in [0.5, 0.6) is 5.75 Å². The molecule has 0 spiro atoms. The summed E-state index contributed by atoms with van der Waals surface area (Å²) in [6, 6.07) is 16.4. The van der Waals surface area contributed by atoms with Crippen molar-refractivity contribution >= 4 is 23.5 Å². The van der Waals surface area contributed by atoms with E-state index in [0.717, 1.165) is 47.9 Å². The number of hydrogen-bond acceptors (Lipinski definition) is 5. The molecule has 2 aromatic carbocycles. The molecule has 1 aliphatic carbocycles. The van der Waals surface area contributed by atoms with Gasteiger partial charge in [0, 0.05) is 37.7 Å². The van der Waals surface area contributed by atoms with Crippen LogP contribution in [0.4, 0.5) is 10.6 Å². The first-order chi connectivity index (χ1) is 17.4. The summed E-state index contributed by atoms with van der Waals surface area (Å²) < 4.78 is 5.23. The Kier molecular flexibility index (Phi) is 6.63. The number of fused-ring (bicyclic) bond motifs is 1. The lowest BCUT2D eigenvalue weighted by atomic mass is 10.0. The van der Waals surface area contributed by atoms with Crippen LogP contribution in [0, 0.1) is 6.92 Å². The smallest absolute Gasteiger partial charge is 0.318 e. The van der Waals surface area contributed by atoms with Crippen LogP contribution >= 0.6 is 0 Å². The third-order valence-corrected chi connectivity index (χ3v) is 7.19. The summed E-state index contributed by atoms with van der Waals surface area (Å²) >= 11 is 0. The SMILES string of the molecule is COc1ccc([C@H](C)NC(=O)N2CCN(c3ncnc4c3C=C(c3ccc(C)cc3)C4)C[C@H]2C)cc1. The minimum absolute atomic E-state index is 0.0417. The number of nitrogens with zero attached hydrogens (tertiary/aromatic N) is 4. The van der Waals surface area contributed by atoms with E-state index in [0.29, 0.717) is 6.54 Å². The van der Waals surface area contributed by atoms with Gasteiger partial charge in [-0.05, 0) is 55.7 Å². The topological polar surface area (TPSA) is 70.6 Å². The van der Waals surface area contributed by atoms with E-state index >= 15 is 0 Å². The molecule has 1 N–H and O–H groups in total. The van der Waals surface area contributed by atoms with Crippen molar-refractivity contribution in [2.24, 2.45) is 0 Å². The van der Waals surface area contributed by atoms with Crippen LogP contribution in [0.3, 0.4) is 0 Å². The zero-order valence-corrected chi connectivity index (χ0v) is 21.4. The van der Waals surface area contributed by atoms with Crippen molar-refractivity contribution in [1.82, 2.24) is 20.2 Å².